The van der Waals surface area contributed by atoms with Gasteiger partial charge in [0, 0.05) is 48.6 Å². The molecule has 1 aromatic carbocycles. The van der Waals surface area contributed by atoms with Crippen LogP contribution in [0.4, 0.5) is 10.2 Å². The lowest BCUT2D eigenvalue weighted by Crippen LogP contribution is -2.61. The molecule has 0 unspecified atom stereocenters. The molecule has 0 atom stereocenters. The van der Waals surface area contributed by atoms with Gasteiger partial charge in [-0.15, -0.1) is 5.10 Å². The van der Waals surface area contributed by atoms with Gasteiger partial charge >= 0.3 is 0 Å². The number of furan rings is 1. The van der Waals surface area contributed by atoms with E-state index in [-0.39, 0.29) is 22.1 Å². The highest BCUT2D eigenvalue weighted by molar-refractivity contribution is 6.30. The summed E-state index contributed by atoms with van der Waals surface area (Å²) in [6.07, 6.45) is 1.73. The third-order valence-electron chi connectivity index (χ3n) is 7.55. The Labute approximate surface area is 246 Å². The fourth-order valence-corrected chi connectivity index (χ4v) is 5.46. The summed E-state index contributed by atoms with van der Waals surface area (Å²) in [5, 5.41) is 13.9. The maximum absolute atomic E-state index is 14.3. The lowest BCUT2D eigenvalue weighted by Gasteiger charge is -2.47. The summed E-state index contributed by atoms with van der Waals surface area (Å²) in [5.74, 6) is 0.841. The van der Waals surface area contributed by atoms with Crippen LogP contribution in [0.2, 0.25) is 5.02 Å². The molecule has 10 nitrogen and oxygen atoms in total. The first-order valence-corrected chi connectivity index (χ1v) is 14.0. The second kappa shape index (κ2) is 10.2. The number of nitrogens with zero attached hydrogens (tertiary/aromatic N) is 7. The van der Waals surface area contributed by atoms with E-state index < -0.39 is 11.4 Å². The summed E-state index contributed by atoms with van der Waals surface area (Å²) in [7, 11) is 0. The van der Waals surface area contributed by atoms with Crippen LogP contribution < -0.4 is 4.90 Å². The number of amides is 1. The first-order chi connectivity index (χ1) is 19.9. The number of H-pyrrole nitrogens is 1. The molecule has 5 heterocycles. The number of halogens is 2. The molecule has 1 fully saturated rings. The van der Waals surface area contributed by atoms with Gasteiger partial charge in [0.25, 0.3) is 5.91 Å². The van der Waals surface area contributed by atoms with Crippen LogP contribution in [0.1, 0.15) is 50.7 Å². The molecule has 0 bridgehead atoms. The maximum atomic E-state index is 14.3. The molecular formula is C30H30ClFN8O2. The molecule has 1 N–H and O–H groups in total. The van der Waals surface area contributed by atoms with Crippen molar-refractivity contribution in [2.75, 3.05) is 24.5 Å². The topological polar surface area (TPSA) is 117 Å². The van der Waals surface area contributed by atoms with Crippen molar-refractivity contribution in [3.8, 4) is 22.6 Å². The highest BCUT2D eigenvalue weighted by Gasteiger charge is 2.39. The van der Waals surface area contributed by atoms with Crippen molar-refractivity contribution < 1.29 is 13.6 Å². The van der Waals surface area contributed by atoms with Crippen LogP contribution in [0, 0.1) is 5.82 Å². The third kappa shape index (κ3) is 5.09. The molecule has 0 radical (unpaired) electrons. The molecule has 6 rings (SSSR count). The molecule has 5 aromatic rings. The number of piperazine rings is 1. The van der Waals surface area contributed by atoms with Crippen LogP contribution >= 0.6 is 11.6 Å². The number of fused-ring (bicyclic) bond motifs is 1. The zero-order valence-corrected chi connectivity index (χ0v) is 24.7. The maximum Gasteiger partial charge on any atom is 0.290 e. The minimum atomic E-state index is -0.518. The Morgan fingerprint density at radius 1 is 1.10 bits per heavy atom. The number of carbonyl (C=O) groups excluding carboxylic acids is 1. The van der Waals surface area contributed by atoms with E-state index >= 15 is 0 Å². The number of benzene rings is 1. The summed E-state index contributed by atoms with van der Waals surface area (Å²) >= 11 is 5.90. The van der Waals surface area contributed by atoms with Gasteiger partial charge in [0.15, 0.2) is 17.2 Å². The SMILES string of the molecule is CC(C)(C)c1cc(-c2ccc(Cl)c(F)c2)nc2cc(C(=O)N3CCN(c4ccc(-c5nnn[nH]5)cn4)CC3(C)C)oc12. The van der Waals surface area contributed by atoms with Crippen molar-refractivity contribution in [3.05, 3.63) is 70.8 Å². The Bertz CT molecular complexity index is 1780. The molecule has 12 heteroatoms. The Morgan fingerprint density at radius 3 is 2.52 bits per heavy atom. The fourth-order valence-electron chi connectivity index (χ4n) is 5.34. The lowest BCUT2D eigenvalue weighted by atomic mass is 9.86. The second-order valence-corrected chi connectivity index (χ2v) is 12.5. The summed E-state index contributed by atoms with van der Waals surface area (Å²) in [4.78, 5) is 27.2. The number of aromatic nitrogens is 6. The van der Waals surface area contributed by atoms with Crippen LogP contribution in [-0.2, 0) is 5.41 Å². The lowest BCUT2D eigenvalue weighted by molar-refractivity contribution is 0.0483. The van der Waals surface area contributed by atoms with Gasteiger partial charge in [0.2, 0.25) is 0 Å². The van der Waals surface area contributed by atoms with E-state index in [2.05, 4.69) is 51.3 Å². The van der Waals surface area contributed by atoms with Crippen LogP contribution in [0.3, 0.4) is 0 Å². The Kier molecular flexibility index (Phi) is 6.72. The van der Waals surface area contributed by atoms with Crippen molar-refractivity contribution >= 4 is 34.4 Å². The predicted molar refractivity (Wildman–Crippen MR) is 158 cm³/mol. The minimum Gasteiger partial charge on any atom is -0.449 e. The number of anilines is 1. The zero-order valence-electron chi connectivity index (χ0n) is 23.9. The third-order valence-corrected chi connectivity index (χ3v) is 7.86. The Hall–Kier alpha value is -4.38. The van der Waals surface area contributed by atoms with Gasteiger partial charge in [-0.1, -0.05) is 38.4 Å². The highest BCUT2D eigenvalue weighted by Crippen LogP contribution is 2.36. The molecule has 0 saturated carbocycles. The first-order valence-electron chi connectivity index (χ1n) is 13.6. The summed E-state index contributed by atoms with van der Waals surface area (Å²) in [6.45, 7) is 11.9. The van der Waals surface area contributed by atoms with E-state index in [9.17, 15) is 9.18 Å². The minimum absolute atomic E-state index is 0.0477. The van der Waals surface area contributed by atoms with Gasteiger partial charge in [-0.25, -0.2) is 19.5 Å². The summed E-state index contributed by atoms with van der Waals surface area (Å²) < 4.78 is 20.5. The normalized spacial score (nSPS) is 15.4. The monoisotopic (exact) mass is 588 g/mol. The van der Waals surface area contributed by atoms with Crippen LogP contribution in [-0.4, -0.2) is 66.6 Å². The molecule has 216 valence electrons. The van der Waals surface area contributed by atoms with Gasteiger partial charge in [-0.05, 0) is 60.0 Å². The Morgan fingerprint density at radius 2 is 1.88 bits per heavy atom. The zero-order chi connectivity index (χ0) is 29.8. The first kappa shape index (κ1) is 27.8. The standard InChI is InChI=1S/C30H30ClFN8O2/c1-29(2,3)19-13-22(17-6-8-20(31)21(32)12-17)34-23-14-24(42-26(19)23)28(41)40-11-10-39(16-30(40,4)5)25-9-7-18(15-33-25)27-35-37-38-36-27/h6-9,12-15H,10-11,16H2,1-5H3,(H,35,36,37,38). The number of aromatic amines is 1. The molecule has 1 aliphatic heterocycles. The molecule has 4 aromatic heterocycles. The number of rotatable bonds is 4. The van der Waals surface area contributed by atoms with E-state index in [4.69, 9.17) is 21.0 Å². The molecule has 42 heavy (non-hydrogen) atoms. The quantitative estimate of drug-likeness (QED) is 0.276. The number of carbonyl (C=O) groups is 1. The van der Waals surface area contributed by atoms with Crippen molar-refractivity contribution in [2.24, 2.45) is 0 Å². The number of hydrogen-bond acceptors (Lipinski definition) is 8. The van der Waals surface area contributed by atoms with Crippen molar-refractivity contribution in [2.45, 2.75) is 45.6 Å². The number of tetrazole rings is 1. The smallest absolute Gasteiger partial charge is 0.290 e. The fraction of sp³-hybridized carbons (Fsp3) is 0.333. The number of hydrogen-bond donors (Lipinski definition) is 1. The molecule has 0 aliphatic carbocycles. The van der Waals surface area contributed by atoms with Gasteiger partial charge < -0.3 is 14.2 Å². The number of nitrogens with one attached hydrogen (secondary N) is 1. The molecule has 1 amide bonds. The summed E-state index contributed by atoms with van der Waals surface area (Å²) in [6, 6.07) is 12.0. The molecule has 1 saturated heterocycles. The van der Waals surface area contributed by atoms with Crippen molar-refractivity contribution in [1.82, 2.24) is 35.5 Å². The Balaban J connectivity index is 1.28. The van der Waals surface area contributed by atoms with E-state index in [1.54, 1.807) is 18.3 Å². The molecule has 0 spiro atoms. The van der Waals surface area contributed by atoms with Gasteiger partial charge in [0.1, 0.15) is 17.2 Å². The van der Waals surface area contributed by atoms with Gasteiger partial charge in [-0.2, -0.15) is 0 Å². The average molecular weight is 589 g/mol. The molecular weight excluding hydrogens is 559 g/mol. The van der Waals surface area contributed by atoms with E-state index in [1.165, 1.54) is 12.1 Å². The van der Waals surface area contributed by atoms with Crippen LogP contribution in [0.5, 0.6) is 0 Å². The van der Waals surface area contributed by atoms with Crippen molar-refractivity contribution in [3.63, 3.8) is 0 Å². The van der Waals surface area contributed by atoms with Gasteiger partial charge in [-0.3, -0.25) is 4.79 Å². The second-order valence-electron chi connectivity index (χ2n) is 12.1. The largest absolute Gasteiger partial charge is 0.449 e. The summed E-state index contributed by atoms with van der Waals surface area (Å²) in [5.41, 5.74) is 3.08. The van der Waals surface area contributed by atoms with Crippen molar-refractivity contribution in [1.29, 1.82) is 0 Å². The predicted octanol–water partition coefficient (Wildman–Crippen LogP) is 5.90. The number of pyridine rings is 2. The van der Waals surface area contributed by atoms with Crippen LogP contribution in [0.15, 0.2) is 53.1 Å². The van der Waals surface area contributed by atoms with Gasteiger partial charge in [0.05, 0.1) is 16.3 Å². The van der Waals surface area contributed by atoms with E-state index in [0.29, 0.717) is 47.8 Å². The van der Waals surface area contributed by atoms with Crippen LogP contribution in [0.25, 0.3) is 33.7 Å². The highest BCUT2D eigenvalue weighted by atomic mass is 35.5. The van der Waals surface area contributed by atoms with E-state index in [0.717, 1.165) is 16.9 Å². The van der Waals surface area contributed by atoms with E-state index in [1.807, 2.05) is 36.9 Å². The average Bonchev–Trinajstić information content (AvgIpc) is 3.63. The molecule has 1 aliphatic rings.